The molecular formula is C29H31Cl2OSiZr. The molecule has 175 valence electrons. The molecule has 3 aromatic carbocycles. The van der Waals surface area contributed by atoms with Gasteiger partial charge < -0.3 is 29.2 Å². The second kappa shape index (κ2) is 11.2. The zero-order valence-corrected chi connectivity index (χ0v) is 25.5. The predicted octanol–water partition coefficient (Wildman–Crippen LogP) is 2.44. The number of allylic oxidation sites excluding steroid dienone is 1. The molecule has 0 saturated heterocycles. The quantitative estimate of drug-likeness (QED) is 0.266. The van der Waals surface area contributed by atoms with Crippen LogP contribution in [0.2, 0.25) is 13.1 Å². The van der Waals surface area contributed by atoms with Gasteiger partial charge in [0.25, 0.3) is 0 Å². The van der Waals surface area contributed by atoms with Crippen LogP contribution in [-0.2, 0) is 32.6 Å². The Morgan fingerprint density at radius 1 is 0.971 bits per heavy atom. The number of furan rings is 1. The van der Waals surface area contributed by atoms with Crippen molar-refractivity contribution in [3.63, 3.8) is 0 Å². The van der Waals surface area contributed by atoms with Crippen LogP contribution >= 0.6 is 0 Å². The molecule has 2 aliphatic heterocycles. The number of hydrogen-bond acceptors (Lipinski definition) is 1. The van der Waals surface area contributed by atoms with Crippen molar-refractivity contribution in [3.8, 4) is 11.1 Å². The van der Waals surface area contributed by atoms with Crippen molar-refractivity contribution in [2.45, 2.75) is 52.2 Å². The topological polar surface area (TPSA) is 13.1 Å². The summed E-state index contributed by atoms with van der Waals surface area (Å²) in [5.74, 6) is 1.22. The van der Waals surface area contributed by atoms with Gasteiger partial charge in [-0.1, -0.05) is 74.8 Å². The van der Waals surface area contributed by atoms with E-state index in [1.165, 1.54) is 57.2 Å². The zero-order chi connectivity index (χ0) is 21.8. The predicted molar refractivity (Wildman–Crippen MR) is 135 cm³/mol. The zero-order valence-electron chi connectivity index (χ0n) is 20.5. The van der Waals surface area contributed by atoms with Crippen molar-refractivity contribution in [1.29, 1.82) is 0 Å². The van der Waals surface area contributed by atoms with Gasteiger partial charge in [-0.25, -0.2) is 0 Å². The molecule has 1 unspecified atom stereocenters. The first-order chi connectivity index (χ1) is 14.9. The van der Waals surface area contributed by atoms with Gasteiger partial charge in [0.15, 0.2) is 0 Å². The molecule has 1 radical (unpaired) electrons. The van der Waals surface area contributed by atoms with Gasteiger partial charge in [0.2, 0.25) is 0 Å². The minimum absolute atomic E-state index is 0. The van der Waals surface area contributed by atoms with E-state index in [0.717, 1.165) is 5.54 Å². The normalized spacial score (nSPS) is 16.3. The molecule has 0 amide bonds. The van der Waals surface area contributed by atoms with Crippen LogP contribution in [0.25, 0.3) is 27.1 Å². The minimum atomic E-state index is -1.08. The van der Waals surface area contributed by atoms with Gasteiger partial charge in [-0.15, -0.1) is 34.5 Å². The molecule has 0 fully saturated rings. The van der Waals surface area contributed by atoms with Crippen LogP contribution in [0.1, 0.15) is 48.3 Å². The summed E-state index contributed by atoms with van der Waals surface area (Å²) in [6, 6.07) is 22.3. The summed E-state index contributed by atoms with van der Waals surface area (Å²) in [5, 5.41) is 4.29. The number of rotatable bonds is 3. The summed E-state index contributed by atoms with van der Waals surface area (Å²) in [4.78, 5) is 0. The number of halogens is 2. The monoisotopic (exact) mass is 583 g/mol. The molecule has 34 heavy (non-hydrogen) atoms. The van der Waals surface area contributed by atoms with Crippen molar-refractivity contribution in [2.24, 2.45) is 0 Å². The third-order valence-electron chi connectivity index (χ3n) is 7.13. The molecule has 0 spiro atoms. The van der Waals surface area contributed by atoms with Gasteiger partial charge in [0, 0.05) is 11.1 Å². The Balaban J connectivity index is 0.000000238. The maximum absolute atomic E-state index is 5.51. The van der Waals surface area contributed by atoms with Crippen molar-refractivity contribution >= 4 is 24.0 Å². The molecule has 1 nitrogen and oxygen atoms in total. The van der Waals surface area contributed by atoms with Gasteiger partial charge in [0.05, 0.1) is 14.3 Å². The van der Waals surface area contributed by atoms with E-state index in [2.05, 4.69) is 94.5 Å². The fourth-order valence-corrected chi connectivity index (χ4v) is 10.1. The maximum atomic E-state index is 5.51. The van der Waals surface area contributed by atoms with Gasteiger partial charge in [-0.05, 0) is 35.7 Å². The molecule has 2 bridgehead atoms. The first-order valence-electron chi connectivity index (χ1n) is 11.5. The van der Waals surface area contributed by atoms with Crippen LogP contribution < -0.4 is 24.8 Å². The van der Waals surface area contributed by atoms with Gasteiger partial charge in [-0.3, -0.25) is 0 Å². The second-order valence-corrected chi connectivity index (χ2v) is 14.2. The number of benzene rings is 2. The SMILES string of the molecule is CC1=C2c3occc3C1[Si]2(C)C.CCCc1ccc(-c2cccc3[cH-]c(C)cc23)cc1.[Cl-].[Cl-].[Zr+3]. The molecule has 0 N–H and O–H groups in total. The number of fused-ring (bicyclic) bond motifs is 1. The van der Waals surface area contributed by atoms with Crippen LogP contribution in [0.5, 0.6) is 0 Å². The van der Waals surface area contributed by atoms with Gasteiger partial charge in [-0.2, -0.15) is 6.07 Å². The van der Waals surface area contributed by atoms with E-state index in [0.29, 0.717) is 0 Å². The van der Waals surface area contributed by atoms with Crippen molar-refractivity contribution in [3.05, 3.63) is 95.0 Å². The van der Waals surface area contributed by atoms with Crippen molar-refractivity contribution in [2.75, 3.05) is 0 Å². The Morgan fingerprint density at radius 3 is 2.29 bits per heavy atom. The summed E-state index contributed by atoms with van der Waals surface area (Å²) in [6.45, 7) is 11.5. The molecule has 1 aromatic heterocycles. The Morgan fingerprint density at radius 2 is 1.68 bits per heavy atom. The first-order valence-corrected chi connectivity index (χ1v) is 14.5. The molecule has 3 heterocycles. The van der Waals surface area contributed by atoms with E-state index in [-0.39, 0.29) is 51.0 Å². The van der Waals surface area contributed by atoms with Crippen LogP contribution in [0, 0.1) is 6.92 Å². The summed E-state index contributed by atoms with van der Waals surface area (Å²) in [5.41, 5.74) is 9.26. The van der Waals surface area contributed by atoms with Crippen molar-refractivity contribution < 1.29 is 55.4 Å². The fraction of sp³-hybridized carbons (Fsp3) is 0.276. The molecular weight excluding hydrogens is 555 g/mol. The summed E-state index contributed by atoms with van der Waals surface area (Å²) in [6.07, 6.45) is 4.20. The average Bonchev–Trinajstić information content (AvgIpc) is 3.45. The maximum Gasteiger partial charge on any atom is 3.00 e. The molecule has 0 saturated carbocycles. The Bertz CT molecular complexity index is 1300. The van der Waals surface area contributed by atoms with Crippen molar-refractivity contribution in [1.82, 2.24) is 0 Å². The molecule has 1 aliphatic carbocycles. The standard InChI is InChI=1S/C19H19.C10H12OSi.2ClH.Zr/c1-3-5-15-8-10-16(11-9-15)18-7-4-6-17-12-14(2)13-19(17)18;1-6-9-7-4-5-11-8(7)10(6)12(9,2)3;;;/h4,6-13H,3,5H2,1-2H3;4-5,9H,1-3H3;2*1H;/q-1;;;;+3/p-2. The van der Waals surface area contributed by atoms with E-state index in [1.54, 1.807) is 10.8 Å². The third kappa shape index (κ3) is 4.74. The molecule has 3 aliphatic rings. The van der Waals surface area contributed by atoms with Crippen LogP contribution in [0.3, 0.4) is 0 Å². The largest absolute Gasteiger partial charge is 3.00 e. The van der Waals surface area contributed by atoms with E-state index in [1.807, 2.05) is 6.26 Å². The van der Waals surface area contributed by atoms with Crippen LogP contribution in [0.15, 0.2) is 76.9 Å². The molecule has 7 rings (SSSR count). The van der Waals surface area contributed by atoms with Gasteiger partial charge in [0.1, 0.15) is 5.76 Å². The van der Waals surface area contributed by atoms with Crippen LogP contribution in [-0.4, -0.2) is 8.07 Å². The van der Waals surface area contributed by atoms with E-state index < -0.39 is 8.07 Å². The van der Waals surface area contributed by atoms with E-state index >= 15 is 0 Å². The Kier molecular flexibility index (Phi) is 9.56. The number of hydrogen-bond donors (Lipinski definition) is 0. The molecule has 1 atom stereocenters. The summed E-state index contributed by atoms with van der Waals surface area (Å²) >= 11 is 0. The average molecular weight is 586 g/mol. The minimum Gasteiger partial charge on any atom is -1.00 e. The first kappa shape index (κ1) is 29.0. The summed E-state index contributed by atoms with van der Waals surface area (Å²) in [7, 11) is -1.08. The Hall–Kier alpha value is -1.25. The summed E-state index contributed by atoms with van der Waals surface area (Å²) < 4.78 is 5.51. The van der Waals surface area contributed by atoms with Crippen LogP contribution in [0.4, 0.5) is 0 Å². The molecule has 4 aromatic rings. The third-order valence-corrected chi connectivity index (χ3v) is 11.2. The van der Waals surface area contributed by atoms with E-state index in [4.69, 9.17) is 4.42 Å². The molecule has 5 heteroatoms. The van der Waals surface area contributed by atoms with E-state index in [9.17, 15) is 0 Å². The van der Waals surface area contributed by atoms with Gasteiger partial charge >= 0.3 is 26.2 Å². The second-order valence-electron chi connectivity index (χ2n) is 9.71. The Labute approximate surface area is 236 Å². The number of aryl methyl sites for hydroxylation is 2. The smallest absolute Gasteiger partial charge is 1.00 e. The fourth-order valence-electron chi connectivity index (χ4n) is 5.88.